The Morgan fingerprint density at radius 1 is 1.23 bits per heavy atom. The predicted molar refractivity (Wildman–Crippen MR) is 94.7 cm³/mol. The van der Waals surface area contributed by atoms with E-state index in [1.54, 1.807) is 19.2 Å². The molecule has 2 aliphatic rings. The number of hydrogen-bond acceptors (Lipinski definition) is 5. The molecule has 1 atom stereocenters. The SMILES string of the molecule is COCCN1CCC(N2CC(COc3ccc(F)cc3)OCC2=O)CC1. The molecule has 7 heteroatoms. The molecule has 3 rings (SSSR count). The first-order chi connectivity index (χ1) is 12.7. The molecule has 1 aromatic carbocycles. The van der Waals surface area contributed by atoms with Gasteiger partial charge in [-0.25, -0.2) is 4.39 Å². The Balaban J connectivity index is 1.47. The molecule has 2 fully saturated rings. The van der Waals surface area contributed by atoms with E-state index in [4.69, 9.17) is 14.2 Å². The van der Waals surface area contributed by atoms with Crippen molar-refractivity contribution in [3.63, 3.8) is 0 Å². The highest BCUT2D eigenvalue weighted by Crippen LogP contribution is 2.21. The number of carbonyl (C=O) groups excluding carboxylic acids is 1. The number of carbonyl (C=O) groups is 1. The van der Waals surface area contributed by atoms with Crippen LogP contribution >= 0.6 is 0 Å². The zero-order valence-corrected chi connectivity index (χ0v) is 15.2. The van der Waals surface area contributed by atoms with Crippen LogP contribution in [0.15, 0.2) is 24.3 Å². The summed E-state index contributed by atoms with van der Waals surface area (Å²) in [6.45, 7) is 4.63. The Hall–Kier alpha value is -1.70. The maximum Gasteiger partial charge on any atom is 0.248 e. The fourth-order valence-corrected chi connectivity index (χ4v) is 3.49. The van der Waals surface area contributed by atoms with E-state index in [2.05, 4.69) is 4.90 Å². The summed E-state index contributed by atoms with van der Waals surface area (Å²) in [7, 11) is 1.72. The van der Waals surface area contributed by atoms with Crippen LogP contribution in [-0.4, -0.2) is 81.0 Å². The lowest BCUT2D eigenvalue weighted by Gasteiger charge is -2.42. The molecule has 0 aliphatic carbocycles. The monoisotopic (exact) mass is 366 g/mol. The van der Waals surface area contributed by atoms with E-state index in [1.165, 1.54) is 12.1 Å². The summed E-state index contributed by atoms with van der Waals surface area (Å²) in [5.41, 5.74) is 0. The van der Waals surface area contributed by atoms with Crippen LogP contribution in [-0.2, 0) is 14.3 Å². The predicted octanol–water partition coefficient (Wildman–Crippen LogP) is 1.54. The van der Waals surface area contributed by atoms with Crippen molar-refractivity contribution in [3.05, 3.63) is 30.1 Å². The van der Waals surface area contributed by atoms with Crippen LogP contribution in [0.5, 0.6) is 5.75 Å². The Kier molecular flexibility index (Phi) is 6.82. The summed E-state index contributed by atoms with van der Waals surface area (Å²) in [6, 6.07) is 6.18. The number of likely N-dealkylation sites (tertiary alicyclic amines) is 1. The van der Waals surface area contributed by atoms with Crippen molar-refractivity contribution in [3.8, 4) is 5.75 Å². The molecule has 2 heterocycles. The molecule has 1 amide bonds. The highest BCUT2D eigenvalue weighted by atomic mass is 19.1. The van der Waals surface area contributed by atoms with Crippen molar-refractivity contribution in [1.82, 2.24) is 9.80 Å². The maximum atomic E-state index is 12.9. The number of amides is 1. The van der Waals surface area contributed by atoms with E-state index in [0.29, 0.717) is 18.9 Å². The van der Waals surface area contributed by atoms with Gasteiger partial charge in [0.2, 0.25) is 5.91 Å². The molecule has 6 nitrogen and oxygen atoms in total. The summed E-state index contributed by atoms with van der Waals surface area (Å²) in [5, 5.41) is 0. The Morgan fingerprint density at radius 2 is 1.96 bits per heavy atom. The summed E-state index contributed by atoms with van der Waals surface area (Å²) < 4.78 is 29.4. The van der Waals surface area contributed by atoms with Gasteiger partial charge in [0.1, 0.15) is 30.9 Å². The largest absolute Gasteiger partial charge is 0.491 e. The Morgan fingerprint density at radius 3 is 2.65 bits per heavy atom. The van der Waals surface area contributed by atoms with E-state index in [9.17, 15) is 9.18 Å². The van der Waals surface area contributed by atoms with E-state index >= 15 is 0 Å². The van der Waals surface area contributed by atoms with Crippen LogP contribution in [0.4, 0.5) is 4.39 Å². The molecule has 144 valence electrons. The van der Waals surface area contributed by atoms with Gasteiger partial charge in [-0.05, 0) is 37.1 Å². The van der Waals surface area contributed by atoms with Crippen molar-refractivity contribution in [2.75, 3.05) is 53.1 Å². The number of nitrogens with zero attached hydrogens (tertiary/aromatic N) is 2. The molecular weight excluding hydrogens is 339 g/mol. The first-order valence-electron chi connectivity index (χ1n) is 9.16. The second-order valence-electron chi connectivity index (χ2n) is 6.81. The normalized spacial score (nSPS) is 22.6. The van der Waals surface area contributed by atoms with Gasteiger partial charge in [0.15, 0.2) is 0 Å². The lowest BCUT2D eigenvalue weighted by Crippen LogP contribution is -2.55. The van der Waals surface area contributed by atoms with Gasteiger partial charge < -0.3 is 24.0 Å². The summed E-state index contributed by atoms with van der Waals surface area (Å²) in [5.74, 6) is 0.364. The number of morpholine rings is 1. The number of piperidine rings is 1. The first-order valence-corrected chi connectivity index (χ1v) is 9.16. The van der Waals surface area contributed by atoms with Gasteiger partial charge in [-0.3, -0.25) is 4.79 Å². The van der Waals surface area contributed by atoms with E-state index < -0.39 is 0 Å². The number of hydrogen-bond donors (Lipinski definition) is 0. The van der Waals surface area contributed by atoms with Gasteiger partial charge in [0.25, 0.3) is 0 Å². The topological polar surface area (TPSA) is 51.2 Å². The number of methoxy groups -OCH3 is 1. The standard InChI is InChI=1S/C19H27FN2O4/c1-24-11-10-21-8-6-16(7-9-21)22-12-18(26-14-19(22)23)13-25-17-4-2-15(20)3-5-17/h2-5,16,18H,6-14H2,1H3. The van der Waals surface area contributed by atoms with Crippen molar-refractivity contribution in [2.45, 2.75) is 25.0 Å². The lowest BCUT2D eigenvalue weighted by atomic mass is 10.0. The molecule has 1 aromatic rings. The third-order valence-electron chi connectivity index (χ3n) is 5.02. The third kappa shape index (κ3) is 5.16. The molecular formula is C19H27FN2O4. The first kappa shape index (κ1) is 19.1. The van der Waals surface area contributed by atoms with Crippen LogP contribution in [0.1, 0.15) is 12.8 Å². The fourth-order valence-electron chi connectivity index (χ4n) is 3.49. The molecule has 1 unspecified atom stereocenters. The zero-order chi connectivity index (χ0) is 18.4. The number of halogens is 1. The molecule has 0 saturated carbocycles. The van der Waals surface area contributed by atoms with E-state index in [0.717, 1.165) is 39.1 Å². The maximum absolute atomic E-state index is 12.9. The molecule has 0 spiro atoms. The molecule has 0 N–H and O–H groups in total. The highest BCUT2D eigenvalue weighted by molar-refractivity contribution is 5.78. The van der Waals surface area contributed by atoms with Crippen LogP contribution in [0, 0.1) is 5.82 Å². The van der Waals surface area contributed by atoms with Gasteiger partial charge in [0.05, 0.1) is 13.2 Å². The minimum Gasteiger partial charge on any atom is -0.491 e. The van der Waals surface area contributed by atoms with Crippen molar-refractivity contribution < 1.29 is 23.4 Å². The van der Waals surface area contributed by atoms with Crippen LogP contribution in [0.25, 0.3) is 0 Å². The Bertz CT molecular complexity index is 575. The van der Waals surface area contributed by atoms with Gasteiger partial charge in [0, 0.05) is 32.8 Å². The fraction of sp³-hybridized carbons (Fsp3) is 0.632. The molecule has 2 aliphatic heterocycles. The number of rotatable bonds is 7. The highest BCUT2D eigenvalue weighted by Gasteiger charge is 2.33. The van der Waals surface area contributed by atoms with Crippen LogP contribution in [0.3, 0.4) is 0 Å². The van der Waals surface area contributed by atoms with Crippen LogP contribution < -0.4 is 4.74 Å². The van der Waals surface area contributed by atoms with Gasteiger partial charge in [-0.1, -0.05) is 0 Å². The minimum absolute atomic E-state index is 0.0540. The van der Waals surface area contributed by atoms with Crippen LogP contribution in [0.2, 0.25) is 0 Å². The third-order valence-corrected chi connectivity index (χ3v) is 5.02. The van der Waals surface area contributed by atoms with E-state index in [-0.39, 0.29) is 30.5 Å². The molecule has 0 aromatic heterocycles. The summed E-state index contributed by atoms with van der Waals surface area (Å²) in [6.07, 6.45) is 1.78. The molecule has 0 radical (unpaired) electrons. The summed E-state index contributed by atoms with van der Waals surface area (Å²) >= 11 is 0. The minimum atomic E-state index is -0.292. The molecule has 26 heavy (non-hydrogen) atoms. The molecule has 2 saturated heterocycles. The van der Waals surface area contributed by atoms with Gasteiger partial charge >= 0.3 is 0 Å². The second kappa shape index (κ2) is 9.30. The lowest BCUT2D eigenvalue weighted by molar-refractivity contribution is -0.155. The average molecular weight is 366 g/mol. The number of ether oxygens (including phenoxy) is 3. The number of benzene rings is 1. The quantitative estimate of drug-likeness (QED) is 0.733. The average Bonchev–Trinajstić information content (AvgIpc) is 2.67. The smallest absolute Gasteiger partial charge is 0.248 e. The van der Waals surface area contributed by atoms with Gasteiger partial charge in [-0.15, -0.1) is 0 Å². The zero-order valence-electron chi connectivity index (χ0n) is 15.2. The van der Waals surface area contributed by atoms with Gasteiger partial charge in [-0.2, -0.15) is 0 Å². The van der Waals surface area contributed by atoms with E-state index in [1.807, 2.05) is 4.90 Å². The van der Waals surface area contributed by atoms with Crippen molar-refractivity contribution >= 4 is 5.91 Å². The summed E-state index contributed by atoms with van der Waals surface area (Å²) in [4.78, 5) is 16.6. The van der Waals surface area contributed by atoms with Crippen molar-refractivity contribution in [2.24, 2.45) is 0 Å². The Labute approximate surface area is 153 Å². The molecule has 0 bridgehead atoms. The second-order valence-corrected chi connectivity index (χ2v) is 6.81. The van der Waals surface area contributed by atoms with Crippen molar-refractivity contribution in [1.29, 1.82) is 0 Å².